The number of nitrogens with one attached hydrogen (secondary N) is 1. The molecule has 0 bridgehead atoms. The first-order valence-electron chi connectivity index (χ1n) is 12.7. The number of hydrogen-bond donors (Lipinski definition) is 1. The van der Waals surface area contributed by atoms with Crippen LogP contribution in [0.4, 0.5) is 4.79 Å². The van der Waals surface area contributed by atoms with Crippen molar-refractivity contribution in [1.29, 1.82) is 0 Å². The van der Waals surface area contributed by atoms with Gasteiger partial charge in [0.25, 0.3) is 0 Å². The van der Waals surface area contributed by atoms with Crippen LogP contribution in [0, 0.1) is 6.92 Å². The second kappa shape index (κ2) is 11.7. The molecule has 1 N–H and O–H groups in total. The third-order valence-corrected chi connectivity index (χ3v) is 7.20. The number of hydrogen-bond acceptors (Lipinski definition) is 4. The van der Waals surface area contributed by atoms with Crippen LogP contribution in [0.2, 0.25) is 0 Å². The Bertz CT molecular complexity index is 1520. The number of carbonyl (C=O) groups excluding carboxylic acids is 1. The third-order valence-electron chi connectivity index (χ3n) is 6.67. The van der Waals surface area contributed by atoms with Gasteiger partial charge in [-0.3, -0.25) is 0 Å². The molecule has 0 spiro atoms. The van der Waals surface area contributed by atoms with Crippen LogP contribution in [0.15, 0.2) is 106 Å². The number of aromatic nitrogens is 1. The quantitative estimate of drug-likeness (QED) is 0.203. The Morgan fingerprint density at radius 1 is 0.947 bits per heavy atom. The Labute approximate surface area is 231 Å². The van der Waals surface area contributed by atoms with Gasteiger partial charge in [0.2, 0.25) is 5.89 Å². The highest BCUT2D eigenvalue weighted by Crippen LogP contribution is 2.29. The highest BCUT2D eigenvalue weighted by atomic mass is 79.9. The molecular formula is C32H29BrN2O3. The van der Waals surface area contributed by atoms with E-state index < -0.39 is 12.2 Å². The lowest BCUT2D eigenvalue weighted by molar-refractivity contribution is 0.0900. The molecule has 0 saturated heterocycles. The predicted octanol–water partition coefficient (Wildman–Crippen LogP) is 8.73. The van der Waals surface area contributed by atoms with E-state index in [0.717, 1.165) is 43.4 Å². The molecule has 1 unspecified atom stereocenters. The van der Waals surface area contributed by atoms with Gasteiger partial charge in [-0.05, 0) is 72.9 Å². The number of halogens is 1. The van der Waals surface area contributed by atoms with Gasteiger partial charge >= 0.3 is 6.09 Å². The van der Waals surface area contributed by atoms with E-state index in [1.807, 2.05) is 92.7 Å². The topological polar surface area (TPSA) is 64.4 Å². The van der Waals surface area contributed by atoms with Crippen molar-refractivity contribution in [1.82, 2.24) is 10.3 Å². The average Bonchev–Trinajstić information content (AvgIpc) is 3.32. The average molecular weight is 569 g/mol. The van der Waals surface area contributed by atoms with E-state index in [2.05, 4.69) is 39.4 Å². The van der Waals surface area contributed by atoms with Gasteiger partial charge in [0.15, 0.2) is 0 Å². The zero-order valence-corrected chi connectivity index (χ0v) is 22.9. The van der Waals surface area contributed by atoms with Crippen molar-refractivity contribution in [3.8, 4) is 11.5 Å². The molecule has 0 fully saturated rings. The number of nitrogens with zero attached hydrogens (tertiary/aromatic N) is 1. The minimum absolute atomic E-state index is 0.217. The molecule has 0 aliphatic carbocycles. The van der Waals surface area contributed by atoms with Crippen molar-refractivity contribution in [2.24, 2.45) is 0 Å². The summed E-state index contributed by atoms with van der Waals surface area (Å²) in [6, 6.07) is 31.8. The minimum atomic E-state index is -0.458. The van der Waals surface area contributed by atoms with Crippen molar-refractivity contribution >= 4 is 32.8 Å². The van der Waals surface area contributed by atoms with Gasteiger partial charge in [0, 0.05) is 10.0 Å². The summed E-state index contributed by atoms with van der Waals surface area (Å²) < 4.78 is 12.9. The molecule has 5 rings (SSSR count). The number of carbonyl (C=O) groups is 1. The van der Waals surface area contributed by atoms with Gasteiger partial charge < -0.3 is 14.5 Å². The molecule has 4 aromatic carbocycles. The fourth-order valence-electron chi connectivity index (χ4n) is 4.65. The number of benzene rings is 4. The molecule has 5 aromatic rings. The van der Waals surface area contributed by atoms with E-state index in [9.17, 15) is 4.79 Å². The van der Waals surface area contributed by atoms with E-state index in [1.165, 1.54) is 0 Å². The lowest BCUT2D eigenvalue weighted by Crippen LogP contribution is -2.29. The lowest BCUT2D eigenvalue weighted by Gasteiger charge is -2.21. The Hall–Kier alpha value is -3.90. The highest BCUT2D eigenvalue weighted by molar-refractivity contribution is 9.10. The fourth-order valence-corrected chi connectivity index (χ4v) is 4.91. The number of oxazole rings is 1. The third kappa shape index (κ3) is 5.97. The van der Waals surface area contributed by atoms with Gasteiger partial charge in [0.05, 0.1) is 11.7 Å². The molecule has 6 heteroatoms. The smallest absolute Gasteiger partial charge is 0.408 e. The van der Waals surface area contributed by atoms with Crippen molar-refractivity contribution in [3.05, 3.63) is 124 Å². The van der Waals surface area contributed by atoms with E-state index in [0.29, 0.717) is 18.7 Å². The summed E-state index contributed by atoms with van der Waals surface area (Å²) in [6.45, 7) is 3.89. The number of alkyl carbamates (subject to hydrolysis) is 1. The summed E-state index contributed by atoms with van der Waals surface area (Å²) in [5.41, 5.74) is 3.76. The van der Waals surface area contributed by atoms with Crippen molar-refractivity contribution in [3.63, 3.8) is 0 Å². The molecule has 0 aliphatic rings. The Morgan fingerprint density at radius 2 is 1.66 bits per heavy atom. The maximum absolute atomic E-state index is 13.1. The van der Waals surface area contributed by atoms with Crippen LogP contribution in [0.25, 0.3) is 22.2 Å². The molecule has 38 heavy (non-hydrogen) atoms. The van der Waals surface area contributed by atoms with Gasteiger partial charge in [-0.25, -0.2) is 9.78 Å². The molecule has 0 aliphatic heterocycles. The van der Waals surface area contributed by atoms with Crippen LogP contribution >= 0.6 is 15.9 Å². The summed E-state index contributed by atoms with van der Waals surface area (Å²) in [6.07, 6.45) is 0.272. The van der Waals surface area contributed by atoms with Gasteiger partial charge in [-0.2, -0.15) is 0 Å². The van der Waals surface area contributed by atoms with Crippen LogP contribution in [0.5, 0.6) is 0 Å². The molecule has 192 valence electrons. The molecule has 0 radical (unpaired) electrons. The van der Waals surface area contributed by atoms with Crippen LogP contribution in [0.1, 0.15) is 48.1 Å². The van der Waals surface area contributed by atoms with Crippen molar-refractivity contribution in [2.75, 3.05) is 0 Å². The molecule has 2 atom stereocenters. The Morgan fingerprint density at radius 3 is 2.45 bits per heavy atom. The first kappa shape index (κ1) is 25.7. The SMILES string of the molecule is Cc1oc(-c2ccccc2)nc1CCC(OC(=O)N[C@H](C)c1cccc2ccccc12)c1ccc(Br)cc1. The number of amides is 1. The molecule has 1 heterocycles. The van der Waals surface area contributed by atoms with Crippen LogP contribution in [-0.4, -0.2) is 11.1 Å². The van der Waals surface area contributed by atoms with E-state index >= 15 is 0 Å². The highest BCUT2D eigenvalue weighted by Gasteiger charge is 2.21. The minimum Gasteiger partial charge on any atom is -0.441 e. The van der Waals surface area contributed by atoms with E-state index in [4.69, 9.17) is 14.1 Å². The van der Waals surface area contributed by atoms with Gasteiger partial charge in [-0.1, -0.05) is 88.7 Å². The molecule has 5 nitrogen and oxygen atoms in total. The zero-order valence-electron chi connectivity index (χ0n) is 21.4. The van der Waals surface area contributed by atoms with E-state index in [-0.39, 0.29) is 6.04 Å². The normalized spacial score (nSPS) is 12.7. The van der Waals surface area contributed by atoms with E-state index in [1.54, 1.807) is 0 Å². The zero-order chi connectivity index (χ0) is 26.5. The number of rotatable bonds is 8. The summed E-state index contributed by atoms with van der Waals surface area (Å²) in [5.74, 6) is 1.37. The van der Waals surface area contributed by atoms with Crippen LogP contribution < -0.4 is 5.32 Å². The monoisotopic (exact) mass is 568 g/mol. The Balaban J connectivity index is 1.31. The molecule has 0 saturated carbocycles. The molecule has 1 amide bonds. The summed E-state index contributed by atoms with van der Waals surface area (Å²) >= 11 is 3.49. The molecule has 1 aromatic heterocycles. The maximum atomic E-state index is 13.1. The number of aryl methyl sites for hydroxylation is 2. The largest absolute Gasteiger partial charge is 0.441 e. The van der Waals surface area contributed by atoms with Crippen LogP contribution in [-0.2, 0) is 11.2 Å². The van der Waals surface area contributed by atoms with Crippen molar-refractivity contribution in [2.45, 2.75) is 38.8 Å². The van der Waals surface area contributed by atoms with Gasteiger partial charge in [-0.15, -0.1) is 0 Å². The standard InChI is InChI=1S/C32H29BrN2O3/c1-21(27-14-8-12-23-9-6-7-13-28(23)27)34-32(36)38-30(24-15-17-26(33)18-16-24)20-19-29-22(2)37-31(35-29)25-10-4-3-5-11-25/h3-18,21,30H,19-20H2,1-2H3,(H,34,36)/t21-,30?/m1/s1. The Kier molecular flexibility index (Phi) is 7.89. The second-order valence-corrected chi connectivity index (χ2v) is 10.2. The second-order valence-electron chi connectivity index (χ2n) is 9.31. The summed E-state index contributed by atoms with van der Waals surface area (Å²) in [7, 11) is 0. The first-order valence-corrected chi connectivity index (χ1v) is 13.5. The van der Waals surface area contributed by atoms with Crippen molar-refractivity contribution < 1.29 is 13.9 Å². The first-order chi connectivity index (χ1) is 18.5. The predicted molar refractivity (Wildman–Crippen MR) is 154 cm³/mol. The fraction of sp³-hybridized carbons (Fsp3) is 0.188. The maximum Gasteiger partial charge on any atom is 0.408 e. The number of fused-ring (bicyclic) bond motifs is 1. The lowest BCUT2D eigenvalue weighted by atomic mass is 10.00. The summed E-state index contributed by atoms with van der Waals surface area (Å²) in [4.78, 5) is 17.8. The van der Waals surface area contributed by atoms with Crippen LogP contribution in [0.3, 0.4) is 0 Å². The number of ether oxygens (including phenoxy) is 1. The summed E-state index contributed by atoms with van der Waals surface area (Å²) in [5, 5.41) is 5.28. The van der Waals surface area contributed by atoms with Gasteiger partial charge in [0.1, 0.15) is 11.9 Å². The molecular weight excluding hydrogens is 540 g/mol.